The molecule has 0 amide bonds. The van der Waals surface area contributed by atoms with Gasteiger partial charge in [-0.1, -0.05) is 0 Å². The highest BCUT2D eigenvalue weighted by atomic mass is 19.2. The first-order valence-electron chi connectivity index (χ1n) is 3.94. The normalized spacial score (nSPS) is 26.2. The van der Waals surface area contributed by atoms with Gasteiger partial charge in [0.15, 0.2) is 0 Å². The number of alkyl halides is 2. The molecule has 0 saturated heterocycles. The van der Waals surface area contributed by atoms with E-state index in [-0.39, 0.29) is 6.61 Å². The van der Waals surface area contributed by atoms with Crippen LogP contribution < -0.4 is 0 Å². The lowest BCUT2D eigenvalue weighted by Crippen LogP contribution is -2.34. The van der Waals surface area contributed by atoms with Gasteiger partial charge >= 0.3 is 0 Å². The number of aliphatic hydroxyl groups is 1. The van der Waals surface area contributed by atoms with Crippen LogP contribution in [0.15, 0.2) is 0 Å². The maximum Gasteiger partial charge on any atom is 0.142 e. The van der Waals surface area contributed by atoms with Crippen molar-refractivity contribution in [3.63, 3.8) is 0 Å². The summed E-state index contributed by atoms with van der Waals surface area (Å²) in [4.78, 5) is 0. The lowest BCUT2D eigenvalue weighted by Gasteiger charge is -2.27. The van der Waals surface area contributed by atoms with E-state index in [1.54, 1.807) is 0 Å². The van der Waals surface area contributed by atoms with Gasteiger partial charge in [0.2, 0.25) is 0 Å². The van der Waals surface area contributed by atoms with E-state index in [0.717, 1.165) is 0 Å². The van der Waals surface area contributed by atoms with Gasteiger partial charge in [0.25, 0.3) is 0 Å². The fourth-order valence-electron chi connectivity index (χ4n) is 1.54. The molecule has 1 fully saturated rings. The van der Waals surface area contributed by atoms with Gasteiger partial charge in [-0.2, -0.15) is 0 Å². The van der Waals surface area contributed by atoms with Crippen LogP contribution in [0.25, 0.3) is 0 Å². The van der Waals surface area contributed by atoms with Gasteiger partial charge in [0.1, 0.15) is 12.3 Å². The number of rotatable bonds is 4. The summed E-state index contributed by atoms with van der Waals surface area (Å²) in [6, 6.07) is 0. The molecule has 1 aliphatic rings. The van der Waals surface area contributed by atoms with Crippen LogP contribution in [-0.2, 0) is 0 Å². The average Bonchev–Trinajstić information content (AvgIpc) is 2.70. The summed E-state index contributed by atoms with van der Waals surface area (Å²) in [5.41, 5.74) is -2.27. The van der Waals surface area contributed by atoms with Crippen LogP contribution in [-0.4, -0.2) is 24.1 Å². The van der Waals surface area contributed by atoms with E-state index in [4.69, 9.17) is 5.11 Å². The van der Waals surface area contributed by atoms with Crippen LogP contribution in [0.5, 0.6) is 0 Å². The minimum atomic E-state index is -1.73. The lowest BCUT2D eigenvalue weighted by atomic mass is 9.86. The van der Waals surface area contributed by atoms with E-state index in [1.807, 2.05) is 0 Å². The third-order valence-corrected chi connectivity index (χ3v) is 2.80. The SMILES string of the molecule is CC(F)(CF)C1(CCO)CC1. The average molecular weight is 164 g/mol. The summed E-state index contributed by atoms with van der Waals surface area (Å²) in [6.07, 6.45) is 1.82. The Morgan fingerprint density at radius 3 is 2.36 bits per heavy atom. The van der Waals surface area contributed by atoms with Crippen LogP contribution >= 0.6 is 0 Å². The Hall–Kier alpha value is -0.180. The van der Waals surface area contributed by atoms with E-state index >= 15 is 0 Å². The van der Waals surface area contributed by atoms with Crippen molar-refractivity contribution in [2.45, 2.75) is 31.9 Å². The molecule has 0 radical (unpaired) electrons. The molecule has 1 saturated carbocycles. The zero-order chi connectivity index (χ0) is 8.54. The Kier molecular flexibility index (Phi) is 2.19. The summed E-state index contributed by atoms with van der Waals surface area (Å²) < 4.78 is 25.5. The zero-order valence-corrected chi connectivity index (χ0v) is 6.74. The first-order valence-corrected chi connectivity index (χ1v) is 3.94. The van der Waals surface area contributed by atoms with Gasteiger partial charge in [0.05, 0.1) is 0 Å². The molecular weight excluding hydrogens is 150 g/mol. The monoisotopic (exact) mass is 164 g/mol. The van der Waals surface area contributed by atoms with Crippen molar-refractivity contribution >= 4 is 0 Å². The van der Waals surface area contributed by atoms with Gasteiger partial charge in [-0.25, -0.2) is 8.78 Å². The molecule has 3 heteroatoms. The molecule has 66 valence electrons. The van der Waals surface area contributed by atoms with E-state index in [2.05, 4.69) is 0 Å². The Morgan fingerprint density at radius 2 is 2.09 bits per heavy atom. The molecule has 0 aliphatic heterocycles. The summed E-state index contributed by atoms with van der Waals surface area (Å²) in [7, 11) is 0. The maximum absolute atomic E-state index is 13.4. The first kappa shape index (κ1) is 8.91. The van der Waals surface area contributed by atoms with Crippen LogP contribution in [0, 0.1) is 5.41 Å². The van der Waals surface area contributed by atoms with Crippen molar-refractivity contribution in [3.05, 3.63) is 0 Å². The first-order chi connectivity index (χ1) is 5.08. The molecule has 0 spiro atoms. The van der Waals surface area contributed by atoms with Gasteiger partial charge < -0.3 is 5.11 Å². The van der Waals surface area contributed by atoms with Crippen LogP contribution in [0.4, 0.5) is 8.78 Å². The van der Waals surface area contributed by atoms with Crippen molar-refractivity contribution in [1.82, 2.24) is 0 Å². The summed E-state index contributed by atoms with van der Waals surface area (Å²) in [6.45, 7) is 0.308. The van der Waals surface area contributed by atoms with Crippen molar-refractivity contribution in [1.29, 1.82) is 0 Å². The fourth-order valence-corrected chi connectivity index (χ4v) is 1.54. The second-order valence-electron chi connectivity index (χ2n) is 3.59. The molecule has 0 aromatic carbocycles. The minimum absolute atomic E-state index is 0.0422. The molecule has 1 unspecified atom stereocenters. The smallest absolute Gasteiger partial charge is 0.142 e. The van der Waals surface area contributed by atoms with E-state index in [9.17, 15) is 8.78 Å². The fraction of sp³-hybridized carbons (Fsp3) is 1.00. The standard InChI is InChI=1S/C8H14F2O/c1-7(10,6-9)8(2-3-8)4-5-11/h11H,2-6H2,1H3. The van der Waals surface area contributed by atoms with Gasteiger partial charge in [-0.3, -0.25) is 0 Å². The highest BCUT2D eigenvalue weighted by Crippen LogP contribution is 2.58. The number of hydrogen-bond acceptors (Lipinski definition) is 1. The molecule has 0 bridgehead atoms. The maximum atomic E-state index is 13.4. The summed E-state index contributed by atoms with van der Waals surface area (Å²) in [5, 5.41) is 8.61. The molecule has 1 atom stereocenters. The number of halogens is 2. The molecule has 1 aliphatic carbocycles. The van der Waals surface area contributed by atoms with Crippen molar-refractivity contribution in [2.24, 2.45) is 5.41 Å². The Balaban J connectivity index is 2.56. The topological polar surface area (TPSA) is 20.2 Å². The third-order valence-electron chi connectivity index (χ3n) is 2.80. The second kappa shape index (κ2) is 2.70. The van der Waals surface area contributed by atoms with Gasteiger partial charge in [-0.05, 0) is 26.2 Å². The van der Waals surface area contributed by atoms with Crippen LogP contribution in [0.2, 0.25) is 0 Å². The van der Waals surface area contributed by atoms with E-state index in [0.29, 0.717) is 19.3 Å². The molecule has 1 rings (SSSR count). The lowest BCUT2D eigenvalue weighted by molar-refractivity contribution is 0.0373. The highest BCUT2D eigenvalue weighted by molar-refractivity contribution is 5.06. The van der Waals surface area contributed by atoms with Crippen molar-refractivity contribution in [2.75, 3.05) is 13.3 Å². The van der Waals surface area contributed by atoms with E-state index < -0.39 is 17.8 Å². The van der Waals surface area contributed by atoms with Gasteiger partial charge in [0, 0.05) is 12.0 Å². The number of aliphatic hydroxyl groups excluding tert-OH is 1. The minimum Gasteiger partial charge on any atom is -0.396 e. The van der Waals surface area contributed by atoms with Crippen molar-refractivity contribution in [3.8, 4) is 0 Å². The zero-order valence-electron chi connectivity index (χ0n) is 6.74. The Bertz CT molecular complexity index is 141. The van der Waals surface area contributed by atoms with Crippen molar-refractivity contribution < 1.29 is 13.9 Å². The highest BCUT2D eigenvalue weighted by Gasteiger charge is 2.57. The van der Waals surface area contributed by atoms with Gasteiger partial charge in [-0.15, -0.1) is 0 Å². The molecule has 0 heterocycles. The number of hydrogen-bond donors (Lipinski definition) is 1. The molecule has 1 nitrogen and oxygen atoms in total. The predicted octanol–water partition coefficient (Wildman–Crippen LogP) is 1.85. The van der Waals surface area contributed by atoms with Crippen LogP contribution in [0.3, 0.4) is 0 Å². The van der Waals surface area contributed by atoms with E-state index in [1.165, 1.54) is 6.92 Å². The third kappa shape index (κ3) is 1.39. The molecule has 1 N–H and O–H groups in total. The quantitative estimate of drug-likeness (QED) is 0.672. The van der Waals surface area contributed by atoms with Crippen LogP contribution in [0.1, 0.15) is 26.2 Å². The second-order valence-corrected chi connectivity index (χ2v) is 3.59. The molecular formula is C8H14F2O. The largest absolute Gasteiger partial charge is 0.396 e. The molecule has 11 heavy (non-hydrogen) atoms. The summed E-state index contributed by atoms with van der Waals surface area (Å²) >= 11 is 0. The summed E-state index contributed by atoms with van der Waals surface area (Å²) in [5.74, 6) is 0. The Labute approximate surface area is 65.4 Å². The Morgan fingerprint density at radius 1 is 1.55 bits per heavy atom. The predicted molar refractivity (Wildman–Crippen MR) is 38.9 cm³/mol. The molecule has 0 aromatic heterocycles. The molecule has 0 aromatic rings.